The van der Waals surface area contributed by atoms with E-state index in [1.54, 1.807) is 48.5 Å². The van der Waals surface area contributed by atoms with Crippen molar-refractivity contribution in [2.75, 3.05) is 10.8 Å². The van der Waals surface area contributed by atoms with Crippen molar-refractivity contribution in [2.45, 2.75) is 19.4 Å². The van der Waals surface area contributed by atoms with Gasteiger partial charge in [0, 0.05) is 6.42 Å². The van der Waals surface area contributed by atoms with Crippen LogP contribution in [0.15, 0.2) is 69.4 Å². The predicted octanol–water partition coefficient (Wildman–Crippen LogP) is 2.87. The fraction of sp³-hybridized carbons (Fsp3) is 0.190. The molecule has 160 valence electrons. The summed E-state index contributed by atoms with van der Waals surface area (Å²) >= 11 is 0. The minimum Gasteiger partial charge on any atom is -0.448 e. The largest absolute Gasteiger partial charge is 0.448 e. The second kappa shape index (κ2) is 8.60. The zero-order chi connectivity index (χ0) is 21.8. The van der Waals surface area contributed by atoms with Crippen LogP contribution in [-0.4, -0.2) is 30.5 Å². The molecule has 0 aliphatic carbocycles. The molecule has 1 N–H and O–H groups in total. The molecular weight excluding hydrogens is 422 g/mol. The van der Waals surface area contributed by atoms with Crippen LogP contribution in [0.25, 0.3) is 6.08 Å². The van der Waals surface area contributed by atoms with Crippen LogP contribution in [-0.2, 0) is 27.8 Å². The number of hydrogen-bond donors (Lipinski definition) is 1. The molecule has 0 atom stereocenters. The molecule has 0 spiro atoms. The monoisotopic (exact) mass is 441 g/mol. The van der Waals surface area contributed by atoms with Gasteiger partial charge in [0.15, 0.2) is 0 Å². The lowest BCUT2D eigenvalue weighted by Gasteiger charge is -2.29. The van der Waals surface area contributed by atoms with E-state index in [0.717, 1.165) is 9.88 Å². The van der Waals surface area contributed by atoms with Gasteiger partial charge in [-0.25, -0.2) is 14.7 Å². The van der Waals surface area contributed by atoms with Crippen LogP contribution in [0.1, 0.15) is 23.4 Å². The lowest BCUT2D eigenvalue weighted by Crippen LogP contribution is -2.39. The van der Waals surface area contributed by atoms with Crippen LogP contribution in [0.4, 0.5) is 10.5 Å². The number of sulfonamides is 1. The van der Waals surface area contributed by atoms with Gasteiger partial charge in [-0.2, -0.15) is 8.42 Å². The summed E-state index contributed by atoms with van der Waals surface area (Å²) in [6, 6.07) is 15.7. The van der Waals surface area contributed by atoms with Gasteiger partial charge in [0.25, 0.3) is 0 Å². The highest BCUT2D eigenvalue weighted by Crippen LogP contribution is 2.32. The van der Waals surface area contributed by atoms with Crippen LogP contribution in [0.2, 0.25) is 0 Å². The van der Waals surface area contributed by atoms with Crippen LogP contribution in [0, 0.1) is 0 Å². The normalized spacial score (nSPS) is 13.4. The summed E-state index contributed by atoms with van der Waals surface area (Å²) in [7, 11) is -4.42. The zero-order valence-electron chi connectivity index (χ0n) is 16.4. The molecule has 1 aliphatic heterocycles. The molecule has 0 unspecified atom stereocenters. The molecule has 0 amide bonds. The van der Waals surface area contributed by atoms with Crippen molar-refractivity contribution < 1.29 is 22.4 Å². The Morgan fingerprint density at radius 2 is 1.84 bits per heavy atom. The highest BCUT2D eigenvalue weighted by Gasteiger charge is 2.35. The minimum atomic E-state index is -4.42. The molecule has 10 heteroatoms. The minimum absolute atomic E-state index is 0.0194. The van der Waals surface area contributed by atoms with Gasteiger partial charge in [-0.05, 0) is 29.2 Å². The van der Waals surface area contributed by atoms with E-state index in [1.165, 1.54) is 0 Å². The van der Waals surface area contributed by atoms with E-state index in [0.29, 0.717) is 29.7 Å². The summed E-state index contributed by atoms with van der Waals surface area (Å²) in [6.07, 6.45) is 2.56. The number of aromatic nitrogens is 2. The molecule has 0 radical (unpaired) electrons. The number of H-pyrrole nitrogens is 1. The van der Waals surface area contributed by atoms with Crippen molar-refractivity contribution >= 4 is 27.1 Å². The highest BCUT2D eigenvalue weighted by molar-refractivity contribution is 8.06. The summed E-state index contributed by atoms with van der Waals surface area (Å²) in [5, 5.41) is 4.63. The average molecular weight is 441 g/mol. The molecule has 4 rings (SSSR count). The molecule has 2 heterocycles. The number of fused-ring (bicyclic) bond motifs is 1. The van der Waals surface area contributed by atoms with E-state index in [1.807, 2.05) is 12.1 Å². The molecule has 2 aromatic carbocycles. The van der Waals surface area contributed by atoms with Gasteiger partial charge in [0.1, 0.15) is 6.61 Å². The van der Waals surface area contributed by atoms with E-state index in [-0.39, 0.29) is 19.0 Å². The van der Waals surface area contributed by atoms with E-state index in [2.05, 4.69) is 10.2 Å². The molecule has 1 aromatic heterocycles. The van der Waals surface area contributed by atoms with Gasteiger partial charge < -0.3 is 9.15 Å². The summed E-state index contributed by atoms with van der Waals surface area (Å²) < 4.78 is 37.1. The van der Waals surface area contributed by atoms with E-state index < -0.39 is 21.1 Å². The number of para-hydroxylation sites is 1. The van der Waals surface area contributed by atoms with Crippen LogP contribution < -0.4 is 10.1 Å². The van der Waals surface area contributed by atoms with Crippen molar-refractivity contribution in [1.29, 1.82) is 0 Å². The maximum Gasteiger partial charge on any atom is 0.445 e. The number of benzene rings is 2. The first-order valence-corrected chi connectivity index (χ1v) is 10.9. The summed E-state index contributed by atoms with van der Waals surface area (Å²) in [4.78, 5) is 23.6. The Balaban J connectivity index is 1.53. The summed E-state index contributed by atoms with van der Waals surface area (Å²) in [5.41, 5.74) is 2.48. The topological polar surface area (TPSA) is 123 Å². The second-order valence-electron chi connectivity index (χ2n) is 6.90. The molecule has 0 saturated carbocycles. The zero-order valence-corrected chi connectivity index (χ0v) is 17.2. The number of aryl methyl sites for hydroxylation is 1. The number of nitrogens with zero attached hydrogens (tertiary/aromatic N) is 2. The van der Waals surface area contributed by atoms with Crippen molar-refractivity contribution in [3.8, 4) is 0 Å². The summed E-state index contributed by atoms with van der Waals surface area (Å²) in [5.74, 6) is -0.426. The van der Waals surface area contributed by atoms with Gasteiger partial charge in [-0.1, -0.05) is 54.6 Å². The first kappa shape index (κ1) is 20.6. The molecule has 1 aliphatic rings. The van der Waals surface area contributed by atoms with Crippen molar-refractivity contribution in [3.05, 3.63) is 87.7 Å². The third-order valence-electron chi connectivity index (χ3n) is 4.75. The number of nitrogens with one attached hydrogen (secondary N) is 1. The molecule has 3 aromatic rings. The van der Waals surface area contributed by atoms with Gasteiger partial charge in [-0.15, -0.1) is 5.10 Å². The van der Waals surface area contributed by atoms with Crippen molar-refractivity contribution in [1.82, 2.24) is 10.2 Å². The molecular formula is C21H19N3O6S. The lowest BCUT2D eigenvalue weighted by molar-refractivity contribution is 0.165. The number of anilines is 1. The number of ether oxygens (including phenoxy) is 1. The Kier molecular flexibility index (Phi) is 5.72. The van der Waals surface area contributed by atoms with E-state index in [9.17, 15) is 18.0 Å². The predicted molar refractivity (Wildman–Crippen MR) is 113 cm³/mol. The number of hydrogen-bond acceptors (Lipinski definition) is 7. The quantitative estimate of drug-likeness (QED) is 0.584. The van der Waals surface area contributed by atoms with Crippen LogP contribution >= 0.6 is 0 Å². The first-order valence-electron chi connectivity index (χ1n) is 9.50. The number of rotatable bonds is 6. The van der Waals surface area contributed by atoms with E-state index >= 15 is 0 Å². The third kappa shape index (κ3) is 4.58. The fourth-order valence-corrected chi connectivity index (χ4v) is 4.40. The molecule has 0 bridgehead atoms. The second-order valence-corrected chi connectivity index (χ2v) is 8.63. The average Bonchev–Trinajstić information content (AvgIpc) is 3.21. The molecule has 9 nitrogen and oxygen atoms in total. The fourth-order valence-electron chi connectivity index (χ4n) is 3.25. The highest BCUT2D eigenvalue weighted by atomic mass is 32.2. The lowest BCUT2D eigenvalue weighted by atomic mass is 10.0. The number of carbonyl (C=O) groups is 1. The Morgan fingerprint density at radius 1 is 1.10 bits per heavy atom. The van der Waals surface area contributed by atoms with Crippen molar-refractivity contribution in [2.24, 2.45) is 0 Å². The number of carbonyl (C=O) groups excluding carboxylic acids is 1. The molecule has 0 fully saturated rings. The third-order valence-corrected chi connectivity index (χ3v) is 6.20. The Bertz CT molecular complexity index is 1280. The Hall–Kier alpha value is -3.66. The van der Waals surface area contributed by atoms with Crippen LogP contribution in [0.5, 0.6) is 0 Å². The summed E-state index contributed by atoms with van der Waals surface area (Å²) in [6.45, 7) is -0.163. The van der Waals surface area contributed by atoms with Gasteiger partial charge in [-0.3, -0.25) is 4.31 Å². The first-order chi connectivity index (χ1) is 14.9. The van der Waals surface area contributed by atoms with Gasteiger partial charge >= 0.3 is 21.1 Å². The smallest absolute Gasteiger partial charge is 0.445 e. The maximum atomic E-state index is 13.0. The number of aromatic amines is 1. The van der Waals surface area contributed by atoms with E-state index in [4.69, 9.17) is 9.15 Å². The Morgan fingerprint density at radius 3 is 2.58 bits per heavy atom. The SMILES string of the molecule is O=C(OCc1ccccc1)S(=O)(=O)N1CC(CCc2n[nH]c(=O)o2)=Cc2ccccc21. The molecule has 0 saturated heterocycles. The van der Waals surface area contributed by atoms with Crippen molar-refractivity contribution in [3.63, 3.8) is 0 Å². The standard InChI is InChI=1S/C21H19N3O6S/c25-20-23-22-19(30-20)11-10-16-12-17-8-4-5-9-18(17)24(13-16)31(27,28)21(26)29-14-15-6-2-1-3-7-15/h1-9,12H,10-11,13-14H2,(H,23,25). The van der Waals surface area contributed by atoms with Crippen LogP contribution in [0.3, 0.4) is 0 Å². The maximum absolute atomic E-state index is 13.0. The van der Waals surface area contributed by atoms with Gasteiger partial charge in [0.2, 0.25) is 5.89 Å². The van der Waals surface area contributed by atoms with Gasteiger partial charge in [0.05, 0.1) is 12.2 Å². The molecule has 31 heavy (non-hydrogen) atoms. The Labute approximate surface area is 178 Å².